The molecule has 3 aromatic rings. The third-order valence-electron chi connectivity index (χ3n) is 7.47. The quantitative estimate of drug-likeness (QED) is 0.409. The summed E-state index contributed by atoms with van der Waals surface area (Å²) in [5.41, 5.74) is 3.10. The lowest BCUT2D eigenvalue weighted by Crippen LogP contribution is -2.45. The van der Waals surface area contributed by atoms with Gasteiger partial charge >= 0.3 is 0 Å². The molecule has 0 amide bonds. The summed E-state index contributed by atoms with van der Waals surface area (Å²) in [7, 11) is -3.72. The molecule has 2 N–H and O–H groups in total. The van der Waals surface area contributed by atoms with Crippen molar-refractivity contribution in [2.45, 2.75) is 56.2 Å². The van der Waals surface area contributed by atoms with Gasteiger partial charge in [-0.2, -0.15) is 0 Å². The van der Waals surface area contributed by atoms with Gasteiger partial charge in [0.25, 0.3) is 10.0 Å². The second-order valence-corrected chi connectivity index (χ2v) is 11.9. The summed E-state index contributed by atoms with van der Waals surface area (Å²) in [6, 6.07) is 23.4. The third kappa shape index (κ3) is 6.27. The van der Waals surface area contributed by atoms with Crippen LogP contribution in [0.3, 0.4) is 0 Å². The second kappa shape index (κ2) is 12.0. The summed E-state index contributed by atoms with van der Waals surface area (Å²) in [4.78, 5) is 2.68. The molecule has 2 aliphatic rings. The smallest absolute Gasteiger partial charge is 0.261 e. The van der Waals surface area contributed by atoms with Crippen LogP contribution in [0.4, 0.5) is 5.69 Å². The molecule has 4 atom stereocenters. The van der Waals surface area contributed by atoms with E-state index in [1.54, 1.807) is 42.5 Å². The van der Waals surface area contributed by atoms with E-state index in [2.05, 4.69) is 16.5 Å². The fraction of sp³-hybridized carbons (Fsp3) is 0.400. The van der Waals surface area contributed by atoms with Crippen LogP contribution in [-0.2, 0) is 26.1 Å². The average molecular weight is 537 g/mol. The number of hydrogen-bond donors (Lipinski definition) is 2. The molecular formula is C30H36N2O5S. The summed E-state index contributed by atoms with van der Waals surface area (Å²) >= 11 is 0. The van der Waals surface area contributed by atoms with Crippen LogP contribution in [0, 0.1) is 5.92 Å². The SMILES string of the molecule is CC1C(CN2CCCCC2)OC(c2cccc(NS(=O)(=O)c3ccccc3)c2)OC1c1ccc(CO)cc1. The van der Waals surface area contributed by atoms with E-state index in [9.17, 15) is 13.5 Å². The van der Waals surface area contributed by atoms with Crippen molar-refractivity contribution in [2.75, 3.05) is 24.4 Å². The van der Waals surface area contributed by atoms with Gasteiger partial charge in [0.1, 0.15) is 0 Å². The number of anilines is 1. The highest BCUT2D eigenvalue weighted by Crippen LogP contribution is 2.42. The van der Waals surface area contributed by atoms with Crippen molar-refractivity contribution in [1.29, 1.82) is 0 Å². The van der Waals surface area contributed by atoms with Gasteiger partial charge in [-0.25, -0.2) is 8.42 Å². The van der Waals surface area contributed by atoms with E-state index >= 15 is 0 Å². The molecule has 0 bridgehead atoms. The highest BCUT2D eigenvalue weighted by Gasteiger charge is 2.39. The van der Waals surface area contributed by atoms with Crippen LogP contribution in [0.25, 0.3) is 0 Å². The first-order chi connectivity index (χ1) is 18.4. The number of aliphatic hydroxyl groups is 1. The largest absolute Gasteiger partial charge is 0.392 e. The summed E-state index contributed by atoms with van der Waals surface area (Å²) in [5, 5.41) is 9.48. The lowest BCUT2D eigenvalue weighted by molar-refractivity contribution is -0.276. The van der Waals surface area contributed by atoms with Crippen LogP contribution < -0.4 is 4.72 Å². The van der Waals surface area contributed by atoms with Gasteiger partial charge in [0, 0.05) is 23.7 Å². The number of piperidine rings is 1. The van der Waals surface area contributed by atoms with E-state index in [0.29, 0.717) is 5.69 Å². The maximum absolute atomic E-state index is 12.9. The van der Waals surface area contributed by atoms with Crippen LogP contribution in [-0.4, -0.2) is 44.2 Å². The average Bonchev–Trinajstić information content (AvgIpc) is 2.95. The number of sulfonamides is 1. The van der Waals surface area contributed by atoms with Gasteiger partial charge in [0.2, 0.25) is 0 Å². The van der Waals surface area contributed by atoms with Crippen LogP contribution in [0.1, 0.15) is 55.3 Å². The van der Waals surface area contributed by atoms with E-state index in [1.807, 2.05) is 36.4 Å². The van der Waals surface area contributed by atoms with Gasteiger partial charge in [-0.15, -0.1) is 0 Å². The molecule has 8 heteroatoms. The molecule has 0 saturated carbocycles. The molecule has 2 fully saturated rings. The van der Waals surface area contributed by atoms with Gasteiger partial charge in [0.15, 0.2) is 6.29 Å². The second-order valence-electron chi connectivity index (χ2n) is 10.2. The zero-order valence-electron chi connectivity index (χ0n) is 21.7. The Morgan fingerprint density at radius 3 is 2.34 bits per heavy atom. The highest BCUT2D eigenvalue weighted by molar-refractivity contribution is 7.92. The van der Waals surface area contributed by atoms with Crippen LogP contribution in [0.5, 0.6) is 0 Å². The van der Waals surface area contributed by atoms with E-state index in [0.717, 1.165) is 36.3 Å². The Hall–Kier alpha value is -2.75. The first kappa shape index (κ1) is 26.8. The zero-order chi connectivity index (χ0) is 26.5. The Morgan fingerprint density at radius 2 is 1.63 bits per heavy atom. The minimum Gasteiger partial charge on any atom is -0.392 e. The van der Waals surface area contributed by atoms with Crippen molar-refractivity contribution in [1.82, 2.24) is 4.90 Å². The summed E-state index contributed by atoms with van der Waals surface area (Å²) in [6.45, 7) is 5.14. The number of hydrogen-bond acceptors (Lipinski definition) is 6. The standard InChI is InChI=1S/C30H36N2O5S/c1-22-28(20-32-17-6-3-7-18-32)36-30(37-29(22)24-15-13-23(21-33)14-16-24)25-9-8-10-26(19-25)31-38(34,35)27-11-4-2-5-12-27/h2,4-5,8-16,19,22,28-31,33H,3,6-7,17-18,20-21H2,1H3. The van der Waals surface area contributed by atoms with Gasteiger partial charge in [-0.3, -0.25) is 4.72 Å². The van der Waals surface area contributed by atoms with Gasteiger partial charge in [0.05, 0.1) is 23.7 Å². The Bertz CT molecular complexity index is 1290. The van der Waals surface area contributed by atoms with Crippen LogP contribution >= 0.6 is 0 Å². The molecule has 7 nitrogen and oxygen atoms in total. The molecule has 0 aromatic heterocycles. The molecule has 2 saturated heterocycles. The zero-order valence-corrected chi connectivity index (χ0v) is 22.5. The van der Waals surface area contributed by atoms with Crippen LogP contribution in [0.15, 0.2) is 83.8 Å². The number of benzene rings is 3. The Kier molecular flexibility index (Phi) is 8.45. The first-order valence-corrected chi connectivity index (χ1v) is 14.8. The molecule has 202 valence electrons. The lowest BCUT2D eigenvalue weighted by atomic mass is 9.89. The molecule has 38 heavy (non-hydrogen) atoms. The van der Waals surface area contributed by atoms with Crippen molar-refractivity contribution >= 4 is 15.7 Å². The maximum atomic E-state index is 12.9. The summed E-state index contributed by atoms with van der Waals surface area (Å²) < 4.78 is 41.6. The fourth-order valence-corrected chi connectivity index (χ4v) is 6.36. The first-order valence-electron chi connectivity index (χ1n) is 13.3. The lowest BCUT2D eigenvalue weighted by Gasteiger charge is -2.43. The number of likely N-dealkylation sites (tertiary alicyclic amines) is 1. The monoisotopic (exact) mass is 536 g/mol. The van der Waals surface area contributed by atoms with Crippen molar-refractivity contribution in [3.05, 3.63) is 95.6 Å². The van der Waals surface area contributed by atoms with Crippen molar-refractivity contribution < 1.29 is 23.0 Å². The molecule has 0 radical (unpaired) electrons. The predicted octanol–water partition coefficient (Wildman–Crippen LogP) is 5.26. The van der Waals surface area contributed by atoms with Gasteiger partial charge in [-0.05, 0) is 61.3 Å². The Morgan fingerprint density at radius 1 is 0.895 bits per heavy atom. The minimum absolute atomic E-state index is 0.00361. The number of ether oxygens (including phenoxy) is 2. The third-order valence-corrected chi connectivity index (χ3v) is 8.87. The van der Waals surface area contributed by atoms with Crippen molar-refractivity contribution in [2.24, 2.45) is 5.92 Å². The molecule has 2 heterocycles. The van der Waals surface area contributed by atoms with Crippen molar-refractivity contribution in [3.8, 4) is 0 Å². The topological polar surface area (TPSA) is 88.1 Å². The Labute approximate surface area is 225 Å². The molecule has 0 aliphatic carbocycles. The molecule has 4 unspecified atom stereocenters. The van der Waals surface area contributed by atoms with E-state index in [1.165, 1.54) is 19.3 Å². The molecule has 0 spiro atoms. The maximum Gasteiger partial charge on any atom is 0.261 e. The van der Waals surface area contributed by atoms with Gasteiger partial charge < -0.3 is 19.5 Å². The normalized spacial score (nSPS) is 24.7. The number of nitrogens with zero attached hydrogens (tertiary/aromatic N) is 1. The van der Waals surface area contributed by atoms with E-state index < -0.39 is 16.3 Å². The van der Waals surface area contributed by atoms with Crippen LogP contribution in [0.2, 0.25) is 0 Å². The predicted molar refractivity (Wildman–Crippen MR) is 147 cm³/mol. The number of nitrogens with one attached hydrogen (secondary N) is 1. The number of aliphatic hydroxyl groups excluding tert-OH is 1. The summed E-state index contributed by atoms with van der Waals surface area (Å²) in [5.74, 6) is 0.105. The van der Waals surface area contributed by atoms with Gasteiger partial charge in [-0.1, -0.05) is 67.9 Å². The molecule has 3 aromatic carbocycles. The van der Waals surface area contributed by atoms with E-state index in [4.69, 9.17) is 9.47 Å². The number of rotatable bonds is 8. The fourth-order valence-electron chi connectivity index (χ4n) is 5.29. The summed E-state index contributed by atoms with van der Waals surface area (Å²) in [6.07, 6.45) is 2.77. The molecule has 2 aliphatic heterocycles. The molecule has 5 rings (SSSR count). The Balaban J connectivity index is 1.40. The highest BCUT2D eigenvalue weighted by atomic mass is 32.2. The minimum atomic E-state index is -3.72. The van der Waals surface area contributed by atoms with E-state index in [-0.39, 0.29) is 29.6 Å². The molecular weight excluding hydrogens is 500 g/mol. The van der Waals surface area contributed by atoms with Crippen molar-refractivity contribution in [3.63, 3.8) is 0 Å².